The third-order valence-corrected chi connectivity index (χ3v) is 7.23. The van der Waals surface area contributed by atoms with Gasteiger partial charge >= 0.3 is 11.9 Å². The molecular weight excluding hydrogens is 542 g/mol. The van der Waals surface area contributed by atoms with E-state index in [4.69, 9.17) is 14.2 Å². The van der Waals surface area contributed by atoms with E-state index in [2.05, 4.69) is 17.4 Å². The van der Waals surface area contributed by atoms with E-state index < -0.39 is 18.0 Å². The largest absolute Gasteiger partial charge is 0.488 e. The maximum atomic E-state index is 13.5. The van der Waals surface area contributed by atoms with Crippen molar-refractivity contribution in [2.45, 2.75) is 64.2 Å². The Morgan fingerprint density at radius 3 is 2.10 bits per heavy atom. The summed E-state index contributed by atoms with van der Waals surface area (Å²) >= 11 is 0. The Bertz CT molecular complexity index is 1290. The van der Waals surface area contributed by atoms with Gasteiger partial charge in [-0.2, -0.15) is 0 Å². The maximum absolute atomic E-state index is 13.5. The van der Waals surface area contributed by atoms with Crippen LogP contribution in [0.3, 0.4) is 0 Å². The second-order valence-electron chi connectivity index (χ2n) is 10.4. The second kappa shape index (κ2) is 15.4. The highest BCUT2D eigenvalue weighted by Crippen LogP contribution is 2.34. The van der Waals surface area contributed by atoms with Crippen molar-refractivity contribution in [3.63, 3.8) is 0 Å². The lowest BCUT2D eigenvalue weighted by atomic mass is 9.88. The van der Waals surface area contributed by atoms with Crippen LogP contribution in [0.1, 0.15) is 72.7 Å². The van der Waals surface area contributed by atoms with Gasteiger partial charge in [-0.3, -0.25) is 14.4 Å². The van der Waals surface area contributed by atoms with Gasteiger partial charge in [0, 0.05) is 30.5 Å². The monoisotopic (exact) mass is 579 g/mol. The summed E-state index contributed by atoms with van der Waals surface area (Å²) in [5.74, 6) is -0.665. The predicted octanol–water partition coefficient (Wildman–Crippen LogP) is 6.18. The molecule has 8 heteroatoms. The summed E-state index contributed by atoms with van der Waals surface area (Å²) in [7, 11) is 0. The smallest absolute Gasteiger partial charge is 0.303 e. The van der Waals surface area contributed by atoms with Crippen LogP contribution >= 0.6 is 12.4 Å². The summed E-state index contributed by atoms with van der Waals surface area (Å²) in [6, 6.07) is 25.1. The molecule has 3 aromatic carbocycles. The lowest BCUT2D eigenvalue weighted by Gasteiger charge is -2.30. The minimum atomic E-state index is -0.924. The minimum absolute atomic E-state index is 0. The molecule has 3 aromatic rings. The first kappa shape index (κ1) is 31.8. The molecule has 1 saturated carbocycles. The van der Waals surface area contributed by atoms with E-state index >= 15 is 0 Å². The Kier molecular flexibility index (Phi) is 11.9. The number of benzene rings is 3. The number of nitrogens with one attached hydrogen (secondary N) is 1. The topological polar surface area (TPSA) is 90.9 Å². The molecule has 0 saturated heterocycles. The van der Waals surface area contributed by atoms with Gasteiger partial charge in [0.1, 0.15) is 19.0 Å². The van der Waals surface area contributed by atoms with Crippen molar-refractivity contribution < 1.29 is 28.6 Å². The number of carbonyl (C=O) groups excluding carboxylic acids is 3. The van der Waals surface area contributed by atoms with E-state index in [1.165, 1.54) is 19.4 Å². The number of halogens is 1. The fraction of sp³-hybridized carbons (Fsp3) is 0.364. The van der Waals surface area contributed by atoms with Crippen LogP contribution in [0.2, 0.25) is 0 Å². The third-order valence-electron chi connectivity index (χ3n) is 7.23. The molecule has 218 valence electrons. The molecular formula is C33H38ClNO6. The standard InChI is InChI=1S/C33H37NO6.ClH/c1-24(35)38-23-32(40-25(2)36)29-19-28(15-16-31(29)39-22-27-13-7-4-8-14-27)30(37)21-34-33(17-9-10-18-33)20-26-11-5-3-6-12-26;/h3-8,11-16,19,32,34H,9-10,17-18,20-23H2,1-2H3;1H. The normalized spacial score (nSPS) is 14.4. The zero-order chi connectivity index (χ0) is 28.4. The zero-order valence-corrected chi connectivity index (χ0v) is 24.4. The first-order valence-electron chi connectivity index (χ1n) is 13.8. The van der Waals surface area contributed by atoms with E-state index in [0.717, 1.165) is 37.7 Å². The molecule has 1 aliphatic carbocycles. The SMILES string of the molecule is CC(=O)OCC(OC(C)=O)c1cc(C(=O)CNC2(Cc3ccccc3)CCCC2)ccc1OCc1ccccc1.Cl. The number of Topliss-reactive ketones (excluding diaryl/α,β-unsaturated/α-hetero) is 1. The highest BCUT2D eigenvalue weighted by Gasteiger charge is 2.34. The van der Waals surface area contributed by atoms with Gasteiger partial charge in [0.15, 0.2) is 11.9 Å². The molecule has 1 fully saturated rings. The first-order valence-corrected chi connectivity index (χ1v) is 13.8. The van der Waals surface area contributed by atoms with Crippen LogP contribution in [-0.4, -0.2) is 36.4 Å². The highest BCUT2D eigenvalue weighted by molar-refractivity contribution is 5.98. The van der Waals surface area contributed by atoms with Crippen LogP contribution < -0.4 is 10.1 Å². The fourth-order valence-corrected chi connectivity index (χ4v) is 5.25. The molecule has 0 radical (unpaired) electrons. The van der Waals surface area contributed by atoms with Gasteiger partial charge in [-0.15, -0.1) is 12.4 Å². The molecule has 0 spiro atoms. The number of esters is 2. The van der Waals surface area contributed by atoms with Gasteiger partial charge in [0.2, 0.25) is 0 Å². The predicted molar refractivity (Wildman–Crippen MR) is 159 cm³/mol. The summed E-state index contributed by atoms with van der Waals surface area (Å²) in [4.78, 5) is 36.9. The summed E-state index contributed by atoms with van der Waals surface area (Å²) in [5, 5.41) is 3.59. The van der Waals surface area contributed by atoms with Crippen molar-refractivity contribution in [3.05, 3.63) is 101 Å². The third kappa shape index (κ3) is 9.44. The number of rotatable bonds is 13. The Balaban J connectivity index is 0.00000462. The lowest BCUT2D eigenvalue weighted by Crippen LogP contribution is -2.47. The van der Waals surface area contributed by atoms with Gasteiger partial charge in [-0.25, -0.2) is 0 Å². The van der Waals surface area contributed by atoms with Crippen LogP contribution in [-0.2, 0) is 32.1 Å². The van der Waals surface area contributed by atoms with Crippen LogP contribution in [0.15, 0.2) is 78.9 Å². The average Bonchev–Trinajstić information content (AvgIpc) is 3.42. The molecule has 1 atom stereocenters. The van der Waals surface area contributed by atoms with E-state index in [1.807, 2.05) is 48.5 Å². The molecule has 0 bridgehead atoms. The number of hydrogen-bond acceptors (Lipinski definition) is 7. The Morgan fingerprint density at radius 1 is 0.854 bits per heavy atom. The van der Waals surface area contributed by atoms with E-state index in [9.17, 15) is 14.4 Å². The molecule has 1 aliphatic rings. The second-order valence-corrected chi connectivity index (χ2v) is 10.4. The van der Waals surface area contributed by atoms with Crippen LogP contribution in [0.4, 0.5) is 0 Å². The molecule has 0 aromatic heterocycles. The molecule has 4 rings (SSSR count). The quantitative estimate of drug-likeness (QED) is 0.191. The van der Waals surface area contributed by atoms with Gasteiger partial charge in [-0.05, 0) is 48.6 Å². The molecule has 41 heavy (non-hydrogen) atoms. The van der Waals surface area contributed by atoms with E-state index in [0.29, 0.717) is 16.9 Å². The van der Waals surface area contributed by atoms with Crippen LogP contribution in [0.25, 0.3) is 0 Å². The highest BCUT2D eigenvalue weighted by atomic mass is 35.5. The van der Waals surface area contributed by atoms with Crippen molar-refractivity contribution in [1.29, 1.82) is 0 Å². The number of ketones is 1. The molecule has 0 heterocycles. The maximum Gasteiger partial charge on any atom is 0.303 e. The fourth-order valence-electron chi connectivity index (χ4n) is 5.25. The van der Waals surface area contributed by atoms with Crippen molar-refractivity contribution in [2.75, 3.05) is 13.2 Å². The van der Waals surface area contributed by atoms with Gasteiger partial charge in [0.25, 0.3) is 0 Å². The molecule has 1 unspecified atom stereocenters. The average molecular weight is 580 g/mol. The summed E-state index contributed by atoms with van der Waals surface area (Å²) < 4.78 is 16.8. The summed E-state index contributed by atoms with van der Waals surface area (Å²) in [5.41, 5.74) is 3.03. The molecule has 1 N–H and O–H groups in total. The number of ether oxygens (including phenoxy) is 3. The summed E-state index contributed by atoms with van der Waals surface area (Å²) in [6.07, 6.45) is 4.24. The minimum Gasteiger partial charge on any atom is -0.488 e. The van der Waals surface area contributed by atoms with Crippen molar-refractivity contribution in [2.24, 2.45) is 0 Å². The van der Waals surface area contributed by atoms with E-state index in [-0.39, 0.29) is 43.5 Å². The van der Waals surface area contributed by atoms with Crippen LogP contribution in [0, 0.1) is 0 Å². The zero-order valence-electron chi connectivity index (χ0n) is 23.6. The molecule has 0 aliphatic heterocycles. The first-order chi connectivity index (χ1) is 19.3. The van der Waals surface area contributed by atoms with Gasteiger partial charge < -0.3 is 19.5 Å². The number of hydrogen-bond donors (Lipinski definition) is 1. The Morgan fingerprint density at radius 2 is 1.49 bits per heavy atom. The van der Waals surface area contributed by atoms with Crippen molar-refractivity contribution in [1.82, 2.24) is 5.32 Å². The lowest BCUT2D eigenvalue weighted by molar-refractivity contribution is -0.156. The van der Waals surface area contributed by atoms with Crippen molar-refractivity contribution >= 4 is 30.1 Å². The van der Waals surface area contributed by atoms with E-state index in [1.54, 1.807) is 18.2 Å². The van der Waals surface area contributed by atoms with Gasteiger partial charge in [0.05, 0.1) is 6.54 Å². The van der Waals surface area contributed by atoms with Crippen molar-refractivity contribution in [3.8, 4) is 5.75 Å². The van der Waals surface area contributed by atoms with Gasteiger partial charge in [-0.1, -0.05) is 73.5 Å². The Labute approximate surface area is 248 Å². The Hall–Kier alpha value is -3.68. The number of carbonyl (C=O) groups is 3. The molecule has 7 nitrogen and oxygen atoms in total. The van der Waals surface area contributed by atoms with Crippen LogP contribution in [0.5, 0.6) is 5.75 Å². The summed E-state index contributed by atoms with van der Waals surface area (Å²) in [6.45, 7) is 2.85. The molecule has 0 amide bonds.